The fraction of sp³-hybridized carbons (Fsp3) is 0.737. The zero-order valence-electron chi connectivity index (χ0n) is 14.4. The van der Waals surface area contributed by atoms with E-state index < -0.39 is 0 Å². The lowest BCUT2D eigenvalue weighted by Crippen LogP contribution is -2.01. The molecule has 0 amide bonds. The highest BCUT2D eigenvalue weighted by Gasteiger charge is 2.00. The van der Waals surface area contributed by atoms with E-state index in [9.17, 15) is 9.90 Å². The van der Waals surface area contributed by atoms with E-state index in [2.05, 4.69) is 17.7 Å². The third-order valence-electron chi connectivity index (χ3n) is 3.66. The minimum absolute atomic E-state index is 0.122. The average Bonchev–Trinajstić information content (AvgIpc) is 2.52. The Hall–Kier alpha value is -1.09. The number of aliphatic hydroxyl groups is 1. The molecule has 0 bridgehead atoms. The van der Waals surface area contributed by atoms with Crippen LogP contribution in [0.1, 0.15) is 77.6 Å². The lowest BCUT2D eigenvalue weighted by atomic mass is 10.1. The summed E-state index contributed by atoms with van der Waals surface area (Å²) in [4.78, 5) is 10.9. The maximum Gasteiger partial charge on any atom is 0.305 e. The molecule has 0 aliphatic rings. The molecule has 1 N–H and O–H groups in total. The maximum absolute atomic E-state index is 10.9. The zero-order valence-corrected chi connectivity index (χ0v) is 14.4. The predicted octanol–water partition coefficient (Wildman–Crippen LogP) is 4.94. The monoisotopic (exact) mass is 310 g/mol. The van der Waals surface area contributed by atoms with Crippen molar-refractivity contribution >= 4 is 5.97 Å². The van der Waals surface area contributed by atoms with Crippen molar-refractivity contribution in [2.75, 3.05) is 7.11 Å². The Kier molecular flexibility index (Phi) is 15.5. The van der Waals surface area contributed by atoms with E-state index in [4.69, 9.17) is 0 Å². The first kappa shape index (κ1) is 20.9. The third kappa shape index (κ3) is 15.3. The molecule has 0 aromatic carbocycles. The summed E-state index contributed by atoms with van der Waals surface area (Å²) in [7, 11) is 1.43. The van der Waals surface area contributed by atoms with E-state index in [-0.39, 0.29) is 12.1 Å². The molecule has 1 unspecified atom stereocenters. The van der Waals surface area contributed by atoms with E-state index in [1.165, 1.54) is 26.4 Å². The van der Waals surface area contributed by atoms with Crippen LogP contribution < -0.4 is 0 Å². The van der Waals surface area contributed by atoms with Gasteiger partial charge in [0.25, 0.3) is 0 Å². The Bertz CT molecular complexity index is 308. The molecule has 0 radical (unpaired) electrons. The summed E-state index contributed by atoms with van der Waals surface area (Å²) in [6.45, 7) is 2.21. The van der Waals surface area contributed by atoms with Crippen LogP contribution in [0.5, 0.6) is 0 Å². The van der Waals surface area contributed by atoms with Gasteiger partial charge in [0.05, 0.1) is 13.2 Å². The minimum atomic E-state index is -0.338. The first-order valence-electron chi connectivity index (χ1n) is 8.79. The van der Waals surface area contributed by atoms with Gasteiger partial charge >= 0.3 is 5.97 Å². The molecule has 22 heavy (non-hydrogen) atoms. The van der Waals surface area contributed by atoms with E-state index in [1.54, 1.807) is 0 Å². The molecule has 0 aliphatic heterocycles. The van der Waals surface area contributed by atoms with E-state index in [0.717, 1.165) is 44.9 Å². The number of aliphatic hydroxyl groups excluding tert-OH is 1. The molecule has 1 atom stereocenters. The van der Waals surface area contributed by atoms with Gasteiger partial charge in [-0.05, 0) is 25.7 Å². The van der Waals surface area contributed by atoms with Crippen molar-refractivity contribution in [1.82, 2.24) is 0 Å². The highest BCUT2D eigenvalue weighted by Crippen LogP contribution is 2.10. The van der Waals surface area contributed by atoms with Gasteiger partial charge in [0.15, 0.2) is 0 Å². The molecule has 3 heteroatoms. The average molecular weight is 310 g/mol. The summed E-state index contributed by atoms with van der Waals surface area (Å²) >= 11 is 0. The summed E-state index contributed by atoms with van der Waals surface area (Å²) in [6, 6.07) is 0. The maximum atomic E-state index is 10.9. The van der Waals surface area contributed by atoms with Crippen LogP contribution in [-0.2, 0) is 9.53 Å². The van der Waals surface area contributed by atoms with Crippen molar-refractivity contribution in [2.45, 2.75) is 83.7 Å². The van der Waals surface area contributed by atoms with Crippen molar-refractivity contribution in [1.29, 1.82) is 0 Å². The number of carbonyl (C=O) groups excluding carboxylic acids is 1. The van der Waals surface area contributed by atoms with Gasteiger partial charge in [-0.3, -0.25) is 4.79 Å². The Balaban J connectivity index is 3.41. The predicted molar refractivity (Wildman–Crippen MR) is 92.8 cm³/mol. The summed E-state index contributed by atoms with van der Waals surface area (Å²) in [5, 5.41) is 9.82. The van der Waals surface area contributed by atoms with Gasteiger partial charge in [-0.2, -0.15) is 0 Å². The highest BCUT2D eigenvalue weighted by atomic mass is 16.5. The Morgan fingerprint density at radius 3 is 2.50 bits per heavy atom. The zero-order chi connectivity index (χ0) is 16.5. The van der Waals surface area contributed by atoms with Crippen molar-refractivity contribution < 1.29 is 14.6 Å². The number of rotatable bonds is 14. The molecule has 0 spiro atoms. The van der Waals surface area contributed by atoms with Gasteiger partial charge in [0, 0.05) is 6.42 Å². The van der Waals surface area contributed by atoms with Crippen molar-refractivity contribution in [3.8, 4) is 0 Å². The van der Waals surface area contributed by atoms with Crippen LogP contribution >= 0.6 is 0 Å². The number of unbranched alkanes of at least 4 members (excludes halogenated alkanes) is 7. The summed E-state index contributed by atoms with van der Waals surface area (Å²) in [5.74, 6) is -0.122. The molecule has 3 nitrogen and oxygen atoms in total. The summed E-state index contributed by atoms with van der Waals surface area (Å²) < 4.78 is 4.60. The number of ether oxygens (including phenoxy) is 1. The molecule has 0 aromatic heterocycles. The standard InChI is InChI=1S/C19H34O3/c1-3-4-5-6-7-9-12-15-18(20)16-13-10-8-11-14-17-19(21)22-2/h7,9,12,15,18,20H,3-6,8,10-11,13-14,16-17H2,1-2H3/b9-7-,15-12+. The van der Waals surface area contributed by atoms with Gasteiger partial charge in [0.1, 0.15) is 0 Å². The van der Waals surface area contributed by atoms with Crippen molar-refractivity contribution in [2.24, 2.45) is 0 Å². The molecule has 0 aromatic rings. The SMILES string of the molecule is CCCCC/C=C\C=C\C(O)CCCCCCCC(=O)OC. The van der Waals surface area contributed by atoms with Crippen LogP contribution in [0.15, 0.2) is 24.3 Å². The summed E-state index contributed by atoms with van der Waals surface area (Å²) in [6.07, 6.45) is 19.2. The van der Waals surface area contributed by atoms with Crippen LogP contribution in [-0.4, -0.2) is 24.3 Å². The van der Waals surface area contributed by atoms with Gasteiger partial charge in [0.2, 0.25) is 0 Å². The topological polar surface area (TPSA) is 46.5 Å². The lowest BCUT2D eigenvalue weighted by molar-refractivity contribution is -0.140. The lowest BCUT2D eigenvalue weighted by Gasteiger charge is -2.05. The second-order valence-electron chi connectivity index (χ2n) is 5.76. The quantitative estimate of drug-likeness (QED) is 0.281. The molecular weight excluding hydrogens is 276 g/mol. The van der Waals surface area contributed by atoms with Crippen molar-refractivity contribution in [3.63, 3.8) is 0 Å². The Labute approximate surface area is 136 Å². The van der Waals surface area contributed by atoms with Gasteiger partial charge < -0.3 is 9.84 Å². The number of methoxy groups -OCH3 is 1. The van der Waals surface area contributed by atoms with Crippen molar-refractivity contribution in [3.05, 3.63) is 24.3 Å². The Morgan fingerprint density at radius 1 is 1.05 bits per heavy atom. The molecule has 128 valence electrons. The molecule has 0 saturated carbocycles. The Morgan fingerprint density at radius 2 is 1.77 bits per heavy atom. The second-order valence-corrected chi connectivity index (χ2v) is 5.76. The molecular formula is C19H34O3. The van der Waals surface area contributed by atoms with Crippen LogP contribution in [0.4, 0.5) is 0 Å². The number of carbonyl (C=O) groups is 1. The third-order valence-corrected chi connectivity index (χ3v) is 3.66. The van der Waals surface area contributed by atoms with Crippen LogP contribution in [0, 0.1) is 0 Å². The fourth-order valence-electron chi connectivity index (χ4n) is 2.23. The smallest absolute Gasteiger partial charge is 0.305 e. The van der Waals surface area contributed by atoms with E-state index >= 15 is 0 Å². The van der Waals surface area contributed by atoms with E-state index in [1.807, 2.05) is 18.2 Å². The first-order chi connectivity index (χ1) is 10.7. The molecule has 0 rings (SSSR count). The molecule has 0 fully saturated rings. The molecule has 0 saturated heterocycles. The molecule has 0 heterocycles. The van der Waals surface area contributed by atoms with Gasteiger partial charge in [-0.15, -0.1) is 0 Å². The van der Waals surface area contributed by atoms with Crippen LogP contribution in [0.2, 0.25) is 0 Å². The second kappa shape index (κ2) is 16.3. The van der Waals surface area contributed by atoms with Gasteiger partial charge in [-0.25, -0.2) is 0 Å². The van der Waals surface area contributed by atoms with Gasteiger partial charge in [-0.1, -0.05) is 69.8 Å². The molecule has 0 aliphatic carbocycles. The largest absolute Gasteiger partial charge is 0.469 e. The fourth-order valence-corrected chi connectivity index (χ4v) is 2.23. The van der Waals surface area contributed by atoms with Crippen LogP contribution in [0.25, 0.3) is 0 Å². The highest BCUT2D eigenvalue weighted by molar-refractivity contribution is 5.68. The number of hydrogen-bond acceptors (Lipinski definition) is 3. The normalized spacial score (nSPS) is 13.0. The summed E-state index contributed by atoms with van der Waals surface area (Å²) in [5.41, 5.74) is 0. The van der Waals surface area contributed by atoms with Crippen LogP contribution in [0.3, 0.4) is 0 Å². The minimum Gasteiger partial charge on any atom is -0.469 e. The first-order valence-corrected chi connectivity index (χ1v) is 8.79. The number of allylic oxidation sites excluding steroid dienone is 3. The number of esters is 1. The number of hydrogen-bond donors (Lipinski definition) is 1. The van der Waals surface area contributed by atoms with E-state index in [0.29, 0.717) is 6.42 Å².